The smallest absolute Gasteiger partial charge is 0.191 e. The fourth-order valence-corrected chi connectivity index (χ4v) is 3.22. The highest BCUT2D eigenvalue weighted by Gasteiger charge is 2.14. The Labute approximate surface area is 178 Å². The summed E-state index contributed by atoms with van der Waals surface area (Å²) in [5.74, 6) is 1.74. The number of aromatic nitrogens is 2. The van der Waals surface area contributed by atoms with Crippen LogP contribution in [0.3, 0.4) is 0 Å². The average Bonchev–Trinajstić information content (AvgIpc) is 3.09. The summed E-state index contributed by atoms with van der Waals surface area (Å²) in [4.78, 5) is 4.27. The monoisotopic (exact) mass is 483 g/mol. The molecule has 0 aliphatic heterocycles. The fourth-order valence-electron chi connectivity index (χ4n) is 3.22. The van der Waals surface area contributed by atoms with Crippen molar-refractivity contribution in [3.8, 4) is 5.75 Å². The number of rotatable bonds is 6. The van der Waals surface area contributed by atoms with Gasteiger partial charge in [0.25, 0.3) is 0 Å². The van der Waals surface area contributed by atoms with Crippen molar-refractivity contribution in [1.29, 1.82) is 0 Å². The first-order chi connectivity index (χ1) is 12.7. The second kappa shape index (κ2) is 11.2. The van der Waals surface area contributed by atoms with Crippen LogP contribution in [0, 0.1) is 0 Å². The third-order valence-electron chi connectivity index (χ3n) is 4.82. The summed E-state index contributed by atoms with van der Waals surface area (Å²) in [6.45, 7) is 1.40. The van der Waals surface area contributed by atoms with Gasteiger partial charge in [-0.15, -0.1) is 24.0 Å². The van der Waals surface area contributed by atoms with Crippen LogP contribution in [0.2, 0.25) is 0 Å². The maximum absolute atomic E-state index is 6.08. The molecule has 0 spiro atoms. The number of guanidine groups is 1. The van der Waals surface area contributed by atoms with E-state index in [2.05, 4.69) is 45.0 Å². The van der Waals surface area contributed by atoms with Crippen LogP contribution in [-0.2, 0) is 20.1 Å². The van der Waals surface area contributed by atoms with Gasteiger partial charge < -0.3 is 15.4 Å². The zero-order chi connectivity index (χ0) is 18.2. The molecule has 0 unspecified atom stereocenters. The quantitative estimate of drug-likeness (QED) is 0.375. The molecule has 1 saturated carbocycles. The molecule has 7 heteroatoms. The van der Waals surface area contributed by atoms with Crippen LogP contribution in [0.15, 0.2) is 41.5 Å². The lowest BCUT2D eigenvalue weighted by molar-refractivity contribution is 0.155. The number of hydrogen-bond acceptors (Lipinski definition) is 3. The molecule has 148 valence electrons. The normalized spacial score (nSPS) is 15.1. The lowest BCUT2D eigenvalue weighted by atomic mass is 9.98. The van der Waals surface area contributed by atoms with Crippen molar-refractivity contribution in [2.45, 2.75) is 51.3 Å². The maximum Gasteiger partial charge on any atom is 0.191 e. The van der Waals surface area contributed by atoms with Crippen LogP contribution in [0.4, 0.5) is 0 Å². The minimum absolute atomic E-state index is 0. The van der Waals surface area contributed by atoms with Crippen molar-refractivity contribution >= 4 is 29.9 Å². The summed E-state index contributed by atoms with van der Waals surface area (Å²) < 4.78 is 7.94. The molecule has 1 aliphatic rings. The number of ether oxygens (including phenoxy) is 1. The van der Waals surface area contributed by atoms with Crippen molar-refractivity contribution in [3.05, 3.63) is 47.8 Å². The van der Waals surface area contributed by atoms with Gasteiger partial charge in [0.05, 0.1) is 18.3 Å². The van der Waals surface area contributed by atoms with E-state index in [1.54, 1.807) is 13.2 Å². The van der Waals surface area contributed by atoms with E-state index < -0.39 is 0 Å². The summed E-state index contributed by atoms with van der Waals surface area (Å²) in [6, 6.07) is 10.3. The highest BCUT2D eigenvalue weighted by Crippen LogP contribution is 2.23. The SMILES string of the molecule is CN=C(NCc1ccc(OC2CCCCC2)cc1)NCc1ccnn1C.I. The fraction of sp³-hybridized carbons (Fsp3) is 0.500. The van der Waals surface area contributed by atoms with Crippen LogP contribution in [0.5, 0.6) is 5.75 Å². The first-order valence-corrected chi connectivity index (χ1v) is 9.41. The first kappa shape index (κ1) is 21.5. The molecule has 1 aromatic heterocycles. The van der Waals surface area contributed by atoms with Gasteiger partial charge in [-0.05, 0) is 49.4 Å². The highest BCUT2D eigenvalue weighted by molar-refractivity contribution is 14.0. The molecule has 1 aliphatic carbocycles. The Balaban J connectivity index is 0.00000261. The number of aryl methyl sites for hydroxylation is 1. The van der Waals surface area contributed by atoms with Gasteiger partial charge in [0.1, 0.15) is 5.75 Å². The molecule has 3 rings (SSSR count). The van der Waals surface area contributed by atoms with Gasteiger partial charge in [-0.1, -0.05) is 18.6 Å². The van der Waals surface area contributed by atoms with E-state index in [1.165, 1.54) is 37.7 Å². The largest absolute Gasteiger partial charge is 0.490 e. The van der Waals surface area contributed by atoms with Crippen molar-refractivity contribution in [1.82, 2.24) is 20.4 Å². The van der Waals surface area contributed by atoms with Crippen molar-refractivity contribution in [2.24, 2.45) is 12.0 Å². The number of benzene rings is 1. The Morgan fingerprint density at radius 2 is 1.81 bits per heavy atom. The van der Waals surface area contributed by atoms with Crippen molar-refractivity contribution in [3.63, 3.8) is 0 Å². The lowest BCUT2D eigenvalue weighted by Gasteiger charge is -2.23. The Kier molecular flexibility index (Phi) is 8.90. The summed E-state index contributed by atoms with van der Waals surface area (Å²) in [6.07, 6.45) is 8.48. The molecule has 0 radical (unpaired) electrons. The van der Waals surface area contributed by atoms with E-state index in [4.69, 9.17) is 4.74 Å². The second-order valence-corrected chi connectivity index (χ2v) is 6.75. The molecule has 2 N–H and O–H groups in total. The average molecular weight is 483 g/mol. The molecule has 27 heavy (non-hydrogen) atoms. The van der Waals surface area contributed by atoms with Gasteiger partial charge >= 0.3 is 0 Å². The number of aliphatic imine (C=N–C) groups is 1. The predicted octanol–water partition coefficient (Wildman–Crippen LogP) is 3.61. The molecule has 1 fully saturated rings. The van der Waals surface area contributed by atoms with Gasteiger partial charge in [-0.2, -0.15) is 5.10 Å². The minimum atomic E-state index is 0. The Bertz CT molecular complexity index is 707. The molecule has 1 heterocycles. The molecule has 0 amide bonds. The maximum atomic E-state index is 6.08. The zero-order valence-corrected chi connectivity index (χ0v) is 18.5. The van der Waals surface area contributed by atoms with Crippen LogP contribution in [0.25, 0.3) is 0 Å². The molecule has 0 bridgehead atoms. The van der Waals surface area contributed by atoms with Crippen molar-refractivity contribution < 1.29 is 4.74 Å². The highest BCUT2D eigenvalue weighted by atomic mass is 127. The standard InChI is InChI=1S/C20H29N5O.HI/c1-21-20(23-15-17-12-13-24-25(17)2)22-14-16-8-10-19(11-9-16)26-18-6-4-3-5-7-18;/h8-13,18H,3-7,14-15H2,1-2H3,(H2,21,22,23);1H. The number of hydrogen-bond donors (Lipinski definition) is 2. The van der Waals surface area contributed by atoms with Crippen LogP contribution < -0.4 is 15.4 Å². The molecule has 0 saturated heterocycles. The molecule has 2 aromatic rings. The van der Waals surface area contributed by atoms with E-state index in [0.717, 1.165) is 23.9 Å². The van der Waals surface area contributed by atoms with E-state index in [0.29, 0.717) is 12.6 Å². The summed E-state index contributed by atoms with van der Waals surface area (Å²) in [5.41, 5.74) is 2.31. The zero-order valence-electron chi connectivity index (χ0n) is 16.1. The van der Waals surface area contributed by atoms with E-state index >= 15 is 0 Å². The van der Waals surface area contributed by atoms with Crippen molar-refractivity contribution in [2.75, 3.05) is 7.05 Å². The third kappa shape index (κ3) is 6.71. The second-order valence-electron chi connectivity index (χ2n) is 6.75. The van der Waals surface area contributed by atoms with Gasteiger partial charge in [-0.3, -0.25) is 9.67 Å². The molecule has 6 nitrogen and oxygen atoms in total. The number of nitrogens with zero attached hydrogens (tertiary/aromatic N) is 3. The third-order valence-corrected chi connectivity index (χ3v) is 4.82. The minimum Gasteiger partial charge on any atom is -0.490 e. The Morgan fingerprint density at radius 3 is 2.44 bits per heavy atom. The van der Waals surface area contributed by atoms with Crippen LogP contribution >= 0.6 is 24.0 Å². The van der Waals surface area contributed by atoms with E-state index in [1.807, 2.05) is 17.8 Å². The Morgan fingerprint density at radius 1 is 1.11 bits per heavy atom. The van der Waals surface area contributed by atoms with Gasteiger partial charge in [0, 0.05) is 26.8 Å². The lowest BCUT2D eigenvalue weighted by Crippen LogP contribution is -2.36. The number of halogens is 1. The van der Waals surface area contributed by atoms with E-state index in [9.17, 15) is 0 Å². The summed E-state index contributed by atoms with van der Waals surface area (Å²) >= 11 is 0. The topological polar surface area (TPSA) is 63.5 Å². The predicted molar refractivity (Wildman–Crippen MR) is 120 cm³/mol. The summed E-state index contributed by atoms with van der Waals surface area (Å²) in [7, 11) is 3.71. The summed E-state index contributed by atoms with van der Waals surface area (Å²) in [5, 5.41) is 10.8. The van der Waals surface area contributed by atoms with E-state index in [-0.39, 0.29) is 24.0 Å². The first-order valence-electron chi connectivity index (χ1n) is 9.41. The van der Waals surface area contributed by atoms with Gasteiger partial charge in [-0.25, -0.2) is 0 Å². The molecule has 0 atom stereocenters. The van der Waals surface area contributed by atoms with Crippen LogP contribution in [-0.4, -0.2) is 28.9 Å². The Hall–Kier alpha value is -1.77. The molecular weight excluding hydrogens is 453 g/mol. The van der Waals surface area contributed by atoms with Gasteiger partial charge in [0.15, 0.2) is 5.96 Å². The number of nitrogens with one attached hydrogen (secondary N) is 2. The van der Waals surface area contributed by atoms with Gasteiger partial charge in [0.2, 0.25) is 0 Å². The molecule has 1 aromatic carbocycles. The molecular formula is C20H30IN5O. The van der Waals surface area contributed by atoms with Crippen LogP contribution in [0.1, 0.15) is 43.4 Å².